The predicted molar refractivity (Wildman–Crippen MR) is 168 cm³/mol. The molecule has 2 aromatic carbocycles. The fourth-order valence-corrected chi connectivity index (χ4v) is 8.83. The summed E-state index contributed by atoms with van der Waals surface area (Å²) < 4.78 is 14.9. The van der Waals surface area contributed by atoms with E-state index in [4.69, 9.17) is 32.7 Å². The highest BCUT2D eigenvalue weighted by Gasteiger charge is 2.51. The van der Waals surface area contributed by atoms with Crippen molar-refractivity contribution in [1.29, 1.82) is 0 Å². The first-order valence-electron chi connectivity index (χ1n) is 15.8. The lowest BCUT2D eigenvalue weighted by Crippen LogP contribution is -2.61. The number of amides is 2. The fourth-order valence-electron chi connectivity index (χ4n) is 8.52. The van der Waals surface area contributed by atoms with Gasteiger partial charge in [-0.05, 0) is 73.0 Å². The van der Waals surface area contributed by atoms with E-state index < -0.39 is 6.29 Å². The molecule has 0 radical (unpaired) electrons. The zero-order chi connectivity index (χ0) is 30.4. The molecule has 2 heterocycles. The van der Waals surface area contributed by atoms with Crippen molar-refractivity contribution in [3.63, 3.8) is 0 Å². The van der Waals surface area contributed by atoms with Gasteiger partial charge in [-0.1, -0.05) is 78.7 Å². The number of nitrogens with one attached hydrogen (secondary N) is 2. The highest BCUT2D eigenvalue weighted by Crippen LogP contribution is 2.55. The number of halogens is 2. The van der Waals surface area contributed by atoms with Gasteiger partial charge in [0.05, 0.1) is 31.7 Å². The maximum atomic E-state index is 13.0. The molecule has 8 rings (SSSR count). The van der Waals surface area contributed by atoms with Crippen LogP contribution in [-0.2, 0) is 29.2 Å². The standard InChI is InChI=1S/C34H40Cl2N4O4/c1-20-28(17-40-19-38-30(35)31(40)36)43-32(44-29(20)26-6-4-22(18-41)5-7-26)27-8-2-21(3-9-27)16-37-33(42)39-34-13-23-10-24(14-34)12-25(11-23)15-34/h2-9,19-20,23-25,28-29,32,41H,10-18H2,1H3,(H2,37,39,42)/t20-,23?,24?,25?,28+,29+,32+,34?/m1/s1. The first-order chi connectivity index (χ1) is 21.3. The smallest absolute Gasteiger partial charge is 0.315 e. The summed E-state index contributed by atoms with van der Waals surface area (Å²) in [4.78, 5) is 17.1. The van der Waals surface area contributed by atoms with E-state index in [1.807, 2.05) is 48.5 Å². The molecule has 5 aliphatic rings. The molecule has 4 saturated carbocycles. The van der Waals surface area contributed by atoms with Gasteiger partial charge in [0, 0.05) is 23.6 Å². The predicted octanol–water partition coefficient (Wildman–Crippen LogP) is 6.94. The van der Waals surface area contributed by atoms with Gasteiger partial charge in [0.25, 0.3) is 0 Å². The number of rotatable bonds is 8. The summed E-state index contributed by atoms with van der Waals surface area (Å²) in [6, 6.07) is 15.8. The van der Waals surface area contributed by atoms with Crippen LogP contribution in [0.1, 0.15) is 80.1 Å². The minimum absolute atomic E-state index is 0.00669. The van der Waals surface area contributed by atoms with Gasteiger partial charge in [-0.25, -0.2) is 9.78 Å². The Kier molecular flexibility index (Phi) is 8.40. The molecule has 4 atom stereocenters. The normalized spacial score (nSPS) is 32.5. The van der Waals surface area contributed by atoms with E-state index in [1.54, 1.807) is 10.9 Å². The molecule has 1 aromatic heterocycles. The average molecular weight is 640 g/mol. The lowest BCUT2D eigenvalue weighted by atomic mass is 9.53. The highest BCUT2D eigenvalue weighted by molar-refractivity contribution is 6.40. The molecule has 0 spiro atoms. The van der Waals surface area contributed by atoms with Gasteiger partial charge in [-0.3, -0.25) is 0 Å². The largest absolute Gasteiger partial charge is 0.392 e. The molecular formula is C34H40Cl2N4O4. The summed E-state index contributed by atoms with van der Waals surface area (Å²) in [5.41, 5.74) is 3.74. The Hall–Kier alpha value is -2.62. The van der Waals surface area contributed by atoms with E-state index in [2.05, 4.69) is 22.5 Å². The molecule has 3 aromatic rings. The maximum Gasteiger partial charge on any atom is 0.315 e. The van der Waals surface area contributed by atoms with Crippen LogP contribution in [-0.4, -0.2) is 32.3 Å². The number of carbonyl (C=O) groups excluding carboxylic acids is 1. The van der Waals surface area contributed by atoms with E-state index in [-0.39, 0.29) is 41.5 Å². The van der Waals surface area contributed by atoms with Crippen molar-refractivity contribution in [3.05, 3.63) is 87.4 Å². The second-order valence-electron chi connectivity index (χ2n) is 13.5. The zero-order valence-electron chi connectivity index (χ0n) is 24.9. The summed E-state index contributed by atoms with van der Waals surface area (Å²) in [7, 11) is 0. The Bertz CT molecular complexity index is 1440. The molecule has 0 unspecified atom stereocenters. The number of hydrogen-bond acceptors (Lipinski definition) is 5. The van der Waals surface area contributed by atoms with E-state index in [1.165, 1.54) is 19.3 Å². The van der Waals surface area contributed by atoms with Crippen molar-refractivity contribution in [3.8, 4) is 0 Å². The number of aliphatic hydroxyl groups excluding tert-OH is 1. The van der Waals surface area contributed by atoms with Crippen molar-refractivity contribution in [2.75, 3.05) is 0 Å². The first kappa shape index (κ1) is 30.1. The van der Waals surface area contributed by atoms with Crippen LogP contribution in [0.3, 0.4) is 0 Å². The summed E-state index contributed by atoms with van der Waals surface area (Å²) in [6.45, 7) is 3.00. The van der Waals surface area contributed by atoms with Gasteiger partial charge in [0.15, 0.2) is 11.4 Å². The Morgan fingerprint density at radius 2 is 1.57 bits per heavy atom. The molecule has 1 aliphatic heterocycles. The van der Waals surface area contributed by atoms with Gasteiger partial charge in [0.2, 0.25) is 0 Å². The van der Waals surface area contributed by atoms with Gasteiger partial charge in [0.1, 0.15) is 5.15 Å². The van der Waals surface area contributed by atoms with Crippen LogP contribution in [0.4, 0.5) is 4.79 Å². The fraction of sp³-hybridized carbons (Fsp3) is 0.529. The number of imidazole rings is 1. The van der Waals surface area contributed by atoms with E-state index in [0.29, 0.717) is 18.2 Å². The number of benzene rings is 2. The summed E-state index contributed by atoms with van der Waals surface area (Å²) >= 11 is 12.5. The molecule has 10 heteroatoms. The number of aliphatic hydroxyl groups is 1. The Morgan fingerprint density at radius 3 is 2.16 bits per heavy atom. The van der Waals surface area contributed by atoms with Crippen LogP contribution < -0.4 is 10.6 Å². The third kappa shape index (κ3) is 6.12. The summed E-state index contributed by atoms with van der Waals surface area (Å²) in [5, 5.41) is 16.6. The molecule has 8 nitrogen and oxygen atoms in total. The molecule has 2 amide bonds. The van der Waals surface area contributed by atoms with Gasteiger partial charge < -0.3 is 29.8 Å². The second kappa shape index (κ2) is 12.3. The number of nitrogens with zero attached hydrogens (tertiary/aromatic N) is 2. The third-order valence-corrected chi connectivity index (χ3v) is 11.1. The summed E-state index contributed by atoms with van der Waals surface area (Å²) in [5.74, 6) is 2.35. The zero-order valence-corrected chi connectivity index (χ0v) is 26.4. The van der Waals surface area contributed by atoms with Gasteiger partial charge >= 0.3 is 6.03 Å². The van der Waals surface area contributed by atoms with Crippen LogP contribution in [0.25, 0.3) is 0 Å². The molecule has 234 valence electrons. The number of hydrogen-bond donors (Lipinski definition) is 3. The minimum atomic E-state index is -0.613. The van der Waals surface area contributed by atoms with Crippen molar-refractivity contribution in [2.45, 2.75) is 89.2 Å². The van der Waals surface area contributed by atoms with Crippen LogP contribution in [0.5, 0.6) is 0 Å². The monoisotopic (exact) mass is 638 g/mol. The van der Waals surface area contributed by atoms with Crippen molar-refractivity contribution in [1.82, 2.24) is 20.2 Å². The number of aromatic nitrogens is 2. The molecule has 4 bridgehead atoms. The Balaban J connectivity index is 1.02. The van der Waals surface area contributed by atoms with Crippen molar-refractivity contribution >= 4 is 29.2 Å². The van der Waals surface area contributed by atoms with Crippen molar-refractivity contribution in [2.24, 2.45) is 23.7 Å². The van der Waals surface area contributed by atoms with Crippen molar-refractivity contribution < 1.29 is 19.4 Å². The molecule has 4 aliphatic carbocycles. The molecular weight excluding hydrogens is 599 g/mol. The Morgan fingerprint density at radius 1 is 0.955 bits per heavy atom. The molecule has 1 saturated heterocycles. The molecule has 44 heavy (non-hydrogen) atoms. The lowest BCUT2D eigenvalue weighted by molar-refractivity contribution is -0.276. The number of ether oxygens (including phenoxy) is 2. The van der Waals surface area contributed by atoms with Crippen LogP contribution in [0.2, 0.25) is 10.3 Å². The number of carbonyl (C=O) groups is 1. The Labute approximate surface area is 268 Å². The third-order valence-electron chi connectivity index (χ3n) is 10.4. The topological polar surface area (TPSA) is 97.6 Å². The van der Waals surface area contributed by atoms with Gasteiger partial charge in [-0.2, -0.15) is 0 Å². The highest BCUT2D eigenvalue weighted by atomic mass is 35.5. The number of urea groups is 1. The van der Waals surface area contributed by atoms with Gasteiger partial charge in [-0.15, -0.1) is 0 Å². The average Bonchev–Trinajstić information content (AvgIpc) is 3.32. The molecule has 5 fully saturated rings. The van der Waals surface area contributed by atoms with Crippen LogP contribution in [0.15, 0.2) is 54.9 Å². The van der Waals surface area contributed by atoms with E-state index >= 15 is 0 Å². The lowest BCUT2D eigenvalue weighted by Gasteiger charge is -2.56. The first-order valence-corrected chi connectivity index (χ1v) is 16.5. The van der Waals surface area contributed by atoms with Crippen LogP contribution >= 0.6 is 23.2 Å². The quantitative estimate of drug-likeness (QED) is 0.248. The minimum Gasteiger partial charge on any atom is -0.392 e. The van der Waals surface area contributed by atoms with Crippen LogP contribution in [0, 0.1) is 23.7 Å². The summed E-state index contributed by atoms with van der Waals surface area (Å²) in [6.07, 6.45) is 7.98. The second-order valence-corrected chi connectivity index (χ2v) is 14.3. The molecule has 3 N–H and O–H groups in total. The maximum absolute atomic E-state index is 13.0. The SMILES string of the molecule is C[C@@H]1[C@H](Cn2cnc(Cl)c2Cl)O[C@H](c2ccc(CNC(=O)NC34CC5CC(CC(C5)C3)C4)cc2)O[C@@H]1c1ccc(CO)cc1. The van der Waals surface area contributed by atoms with E-state index in [9.17, 15) is 9.90 Å². The van der Waals surface area contributed by atoms with E-state index in [0.717, 1.165) is 59.3 Å².